The number of carbonyl (C=O) groups is 1. The smallest absolute Gasteiger partial charge is 0.224 e. The van der Waals surface area contributed by atoms with Crippen LogP contribution in [0.4, 0.5) is 0 Å². The topological polar surface area (TPSA) is 50.4 Å². The van der Waals surface area contributed by atoms with Crippen LogP contribution >= 0.6 is 0 Å². The maximum atomic E-state index is 12.3. The third-order valence-electron chi connectivity index (χ3n) is 4.80. The van der Waals surface area contributed by atoms with Crippen LogP contribution < -0.4 is 10.6 Å². The summed E-state index contributed by atoms with van der Waals surface area (Å²) in [5.74, 6) is 0.398. The molecule has 0 aromatic rings. The Morgan fingerprint density at radius 2 is 2.16 bits per heavy atom. The number of rotatable bonds is 4. The molecule has 2 fully saturated rings. The molecule has 2 aliphatic heterocycles. The minimum atomic E-state index is -0.0129. The molecule has 0 saturated carbocycles. The van der Waals surface area contributed by atoms with Crippen LogP contribution in [0.5, 0.6) is 0 Å². The quantitative estimate of drug-likeness (QED) is 0.818. The number of hydrogen-bond donors (Lipinski definition) is 2. The second-order valence-corrected chi connectivity index (χ2v) is 5.98. The highest BCUT2D eigenvalue weighted by atomic mass is 16.5. The van der Waals surface area contributed by atoms with Crippen molar-refractivity contribution < 1.29 is 9.53 Å². The summed E-state index contributed by atoms with van der Waals surface area (Å²) in [5, 5.41) is 6.56. The van der Waals surface area contributed by atoms with Gasteiger partial charge in [0.25, 0.3) is 0 Å². The van der Waals surface area contributed by atoms with Gasteiger partial charge >= 0.3 is 0 Å². The highest BCUT2D eigenvalue weighted by molar-refractivity contribution is 5.79. The Bertz CT molecular complexity index is 297. The molecule has 2 aliphatic rings. The van der Waals surface area contributed by atoms with E-state index in [1.165, 1.54) is 0 Å². The standard InChI is InChI=1S/C15H28N2O2/c1-3-15(4-2)10-13(7-9-19-15)17-14(18)12-6-5-8-16-11-12/h12-13,16H,3-11H2,1-2H3,(H,17,18)/t12-,13?/m1/s1. The highest BCUT2D eigenvalue weighted by Crippen LogP contribution is 2.31. The molecule has 1 amide bonds. The predicted molar refractivity (Wildman–Crippen MR) is 76.0 cm³/mol. The molecular formula is C15H28N2O2. The predicted octanol–water partition coefficient (Wildman–Crippen LogP) is 1.84. The van der Waals surface area contributed by atoms with Gasteiger partial charge in [-0.3, -0.25) is 4.79 Å². The Balaban J connectivity index is 1.86. The van der Waals surface area contributed by atoms with Crippen molar-refractivity contribution in [1.29, 1.82) is 0 Å². The van der Waals surface area contributed by atoms with Crippen molar-refractivity contribution in [2.24, 2.45) is 5.92 Å². The van der Waals surface area contributed by atoms with Gasteiger partial charge in [-0.15, -0.1) is 0 Å². The Morgan fingerprint density at radius 1 is 1.37 bits per heavy atom. The summed E-state index contributed by atoms with van der Waals surface area (Å²) >= 11 is 0. The van der Waals surface area contributed by atoms with E-state index in [2.05, 4.69) is 24.5 Å². The third-order valence-corrected chi connectivity index (χ3v) is 4.80. The molecule has 0 aromatic heterocycles. The molecule has 2 atom stereocenters. The van der Waals surface area contributed by atoms with Gasteiger partial charge in [0.2, 0.25) is 5.91 Å². The molecular weight excluding hydrogens is 240 g/mol. The molecule has 0 radical (unpaired) electrons. The van der Waals surface area contributed by atoms with Crippen molar-refractivity contribution in [2.75, 3.05) is 19.7 Å². The van der Waals surface area contributed by atoms with Gasteiger partial charge in [0.1, 0.15) is 0 Å². The second kappa shape index (κ2) is 6.71. The highest BCUT2D eigenvalue weighted by Gasteiger charge is 2.35. The minimum Gasteiger partial charge on any atom is -0.375 e. The molecule has 0 aromatic carbocycles. The van der Waals surface area contributed by atoms with Crippen molar-refractivity contribution in [1.82, 2.24) is 10.6 Å². The lowest BCUT2D eigenvalue weighted by Gasteiger charge is -2.40. The van der Waals surface area contributed by atoms with Crippen LogP contribution in [0.2, 0.25) is 0 Å². The van der Waals surface area contributed by atoms with Gasteiger partial charge in [-0.2, -0.15) is 0 Å². The van der Waals surface area contributed by atoms with E-state index in [-0.39, 0.29) is 17.4 Å². The first-order valence-corrected chi connectivity index (χ1v) is 7.84. The van der Waals surface area contributed by atoms with Gasteiger partial charge in [-0.1, -0.05) is 13.8 Å². The van der Waals surface area contributed by atoms with E-state index in [1.54, 1.807) is 0 Å². The van der Waals surface area contributed by atoms with Crippen LogP contribution in [0.1, 0.15) is 52.4 Å². The van der Waals surface area contributed by atoms with Crippen LogP contribution in [0, 0.1) is 5.92 Å². The number of nitrogens with one attached hydrogen (secondary N) is 2. The summed E-state index contributed by atoms with van der Waals surface area (Å²) in [6.07, 6.45) is 6.11. The summed E-state index contributed by atoms with van der Waals surface area (Å²) in [6, 6.07) is 0.295. The number of hydrogen-bond acceptors (Lipinski definition) is 3. The molecule has 0 spiro atoms. The summed E-state index contributed by atoms with van der Waals surface area (Å²) in [6.45, 7) is 7.02. The van der Waals surface area contributed by atoms with Crippen molar-refractivity contribution >= 4 is 5.91 Å². The molecule has 4 heteroatoms. The fraction of sp³-hybridized carbons (Fsp3) is 0.933. The van der Waals surface area contributed by atoms with Crippen molar-refractivity contribution in [3.63, 3.8) is 0 Å². The van der Waals surface area contributed by atoms with Gasteiger partial charge in [0, 0.05) is 19.2 Å². The lowest BCUT2D eigenvalue weighted by Crippen LogP contribution is -2.50. The number of piperidine rings is 1. The van der Waals surface area contributed by atoms with E-state index in [4.69, 9.17) is 4.74 Å². The maximum absolute atomic E-state index is 12.3. The molecule has 110 valence electrons. The van der Waals surface area contributed by atoms with E-state index in [0.717, 1.165) is 58.2 Å². The zero-order valence-electron chi connectivity index (χ0n) is 12.3. The Labute approximate surface area is 116 Å². The summed E-state index contributed by atoms with van der Waals surface area (Å²) in [5.41, 5.74) is -0.0129. The Kier molecular flexibility index (Phi) is 5.22. The SMILES string of the molecule is CCC1(CC)CC(NC(=O)[C@@H]2CCCNC2)CCO1. The molecule has 0 aliphatic carbocycles. The van der Waals surface area contributed by atoms with E-state index < -0.39 is 0 Å². The fourth-order valence-corrected chi connectivity index (χ4v) is 3.29. The molecule has 2 heterocycles. The zero-order chi connectivity index (χ0) is 13.7. The summed E-state index contributed by atoms with van der Waals surface area (Å²) in [4.78, 5) is 12.3. The molecule has 0 bridgehead atoms. The molecule has 2 N–H and O–H groups in total. The van der Waals surface area contributed by atoms with Crippen LogP contribution in [-0.2, 0) is 9.53 Å². The maximum Gasteiger partial charge on any atom is 0.224 e. The van der Waals surface area contributed by atoms with Gasteiger partial charge in [0.05, 0.1) is 11.5 Å². The van der Waals surface area contributed by atoms with Crippen LogP contribution in [0.15, 0.2) is 0 Å². The van der Waals surface area contributed by atoms with Gasteiger partial charge in [-0.05, 0) is 45.1 Å². The van der Waals surface area contributed by atoms with Crippen molar-refractivity contribution in [2.45, 2.75) is 64.0 Å². The monoisotopic (exact) mass is 268 g/mol. The molecule has 1 unspecified atom stereocenters. The number of amides is 1. The lowest BCUT2D eigenvalue weighted by atomic mass is 9.85. The third kappa shape index (κ3) is 3.69. The summed E-state index contributed by atoms with van der Waals surface area (Å²) < 4.78 is 5.96. The molecule has 2 rings (SSSR count). The van der Waals surface area contributed by atoms with E-state index in [9.17, 15) is 4.79 Å². The van der Waals surface area contributed by atoms with Crippen molar-refractivity contribution in [3.05, 3.63) is 0 Å². The van der Waals surface area contributed by atoms with Crippen LogP contribution in [0.25, 0.3) is 0 Å². The van der Waals surface area contributed by atoms with Gasteiger partial charge < -0.3 is 15.4 Å². The average Bonchev–Trinajstić information content (AvgIpc) is 2.48. The second-order valence-electron chi connectivity index (χ2n) is 5.98. The summed E-state index contributed by atoms with van der Waals surface area (Å²) in [7, 11) is 0. The lowest BCUT2D eigenvalue weighted by molar-refractivity contribution is -0.130. The first-order chi connectivity index (χ1) is 9.19. The van der Waals surface area contributed by atoms with Crippen molar-refractivity contribution in [3.8, 4) is 0 Å². The average molecular weight is 268 g/mol. The minimum absolute atomic E-state index is 0.0129. The van der Waals surface area contributed by atoms with Gasteiger partial charge in [-0.25, -0.2) is 0 Å². The first kappa shape index (κ1) is 14.8. The zero-order valence-corrected chi connectivity index (χ0v) is 12.3. The first-order valence-electron chi connectivity index (χ1n) is 7.84. The fourth-order valence-electron chi connectivity index (χ4n) is 3.29. The number of carbonyl (C=O) groups excluding carboxylic acids is 1. The Morgan fingerprint density at radius 3 is 2.79 bits per heavy atom. The van der Waals surface area contributed by atoms with Crippen LogP contribution in [0.3, 0.4) is 0 Å². The molecule has 4 nitrogen and oxygen atoms in total. The number of ether oxygens (including phenoxy) is 1. The van der Waals surface area contributed by atoms with Crippen LogP contribution in [-0.4, -0.2) is 37.2 Å². The van der Waals surface area contributed by atoms with Gasteiger partial charge in [0.15, 0.2) is 0 Å². The normalized spacial score (nSPS) is 30.8. The van der Waals surface area contributed by atoms with E-state index in [1.807, 2.05) is 0 Å². The Hall–Kier alpha value is -0.610. The largest absolute Gasteiger partial charge is 0.375 e. The molecule has 2 saturated heterocycles. The van der Waals surface area contributed by atoms with E-state index in [0.29, 0.717) is 6.04 Å². The molecule has 19 heavy (non-hydrogen) atoms. The van der Waals surface area contributed by atoms with E-state index >= 15 is 0 Å².